The molecule has 2 aromatic heterocycles. The second kappa shape index (κ2) is 10.4. The summed E-state index contributed by atoms with van der Waals surface area (Å²) in [4.78, 5) is 33.8. The molecule has 222 valence electrons. The maximum atomic E-state index is 14.5. The van der Waals surface area contributed by atoms with Crippen LogP contribution in [-0.4, -0.2) is 56.8 Å². The molecule has 2 fully saturated rings. The number of pyridine rings is 1. The molecule has 6 rings (SSSR count). The molecule has 0 aliphatic carbocycles. The van der Waals surface area contributed by atoms with E-state index in [1.54, 1.807) is 17.0 Å². The van der Waals surface area contributed by atoms with Gasteiger partial charge in [0.1, 0.15) is 11.4 Å². The van der Waals surface area contributed by atoms with Gasteiger partial charge < -0.3 is 15.1 Å². The van der Waals surface area contributed by atoms with E-state index >= 15 is 0 Å². The molecular weight excluding hydrogens is 578 g/mol. The minimum atomic E-state index is -4.89. The largest absolute Gasteiger partial charge is 0.419 e. The van der Waals surface area contributed by atoms with Gasteiger partial charge in [-0.2, -0.15) is 18.3 Å². The molecule has 43 heavy (non-hydrogen) atoms. The first-order chi connectivity index (χ1) is 20.5. The molecule has 0 unspecified atom stereocenters. The number of anilines is 1. The molecule has 0 bridgehead atoms. The highest BCUT2D eigenvalue weighted by molar-refractivity contribution is 5.96. The summed E-state index contributed by atoms with van der Waals surface area (Å²) in [5.74, 6) is -4.36. The fourth-order valence-electron chi connectivity index (χ4n) is 5.59. The number of carbonyl (C=O) groups excluding carboxylic acids is 2. The molecule has 1 spiro atoms. The van der Waals surface area contributed by atoms with Gasteiger partial charge in [0.05, 0.1) is 23.6 Å². The first kappa shape index (κ1) is 28.2. The monoisotopic (exact) mass is 600 g/mol. The van der Waals surface area contributed by atoms with Crippen molar-refractivity contribution in [3.63, 3.8) is 0 Å². The lowest BCUT2D eigenvalue weighted by molar-refractivity contribution is -0.140. The zero-order chi connectivity index (χ0) is 30.5. The second-order valence-corrected chi connectivity index (χ2v) is 10.2. The van der Waals surface area contributed by atoms with E-state index in [1.807, 2.05) is 0 Å². The number of benzene rings is 2. The smallest absolute Gasteiger partial charge is 0.339 e. The number of nitrogens with one attached hydrogen (secondary N) is 1. The van der Waals surface area contributed by atoms with Gasteiger partial charge in [-0.3, -0.25) is 14.6 Å². The third-order valence-corrected chi connectivity index (χ3v) is 7.82. The van der Waals surface area contributed by atoms with E-state index in [4.69, 9.17) is 0 Å². The number of hydrogen-bond donors (Lipinski definition) is 1. The molecular formula is C29H22F6N6O2. The third-order valence-electron chi connectivity index (χ3n) is 7.82. The lowest BCUT2D eigenvalue weighted by Crippen LogP contribution is -2.57. The minimum Gasteiger partial charge on any atom is -0.339 e. The average Bonchev–Trinajstić information content (AvgIpc) is 3.56. The van der Waals surface area contributed by atoms with Crippen LogP contribution in [0.25, 0.3) is 16.9 Å². The van der Waals surface area contributed by atoms with Gasteiger partial charge in [-0.25, -0.2) is 17.9 Å². The Hall–Kier alpha value is -4.88. The second-order valence-electron chi connectivity index (χ2n) is 10.2. The van der Waals surface area contributed by atoms with Gasteiger partial charge in [-0.15, -0.1) is 0 Å². The van der Waals surface area contributed by atoms with Gasteiger partial charge in [0, 0.05) is 48.9 Å². The van der Waals surface area contributed by atoms with Crippen molar-refractivity contribution < 1.29 is 35.9 Å². The van der Waals surface area contributed by atoms with Crippen LogP contribution in [0, 0.1) is 17.5 Å². The lowest BCUT2D eigenvalue weighted by Gasteiger charge is -2.43. The Morgan fingerprint density at radius 2 is 1.63 bits per heavy atom. The zero-order valence-electron chi connectivity index (χ0n) is 22.2. The Bertz CT molecular complexity index is 1720. The molecule has 2 aliphatic heterocycles. The summed E-state index contributed by atoms with van der Waals surface area (Å²) in [6, 6.07) is 10.5. The lowest BCUT2D eigenvalue weighted by atomic mass is 9.85. The van der Waals surface area contributed by atoms with Gasteiger partial charge in [0.2, 0.25) is 5.91 Å². The molecule has 2 aliphatic rings. The Morgan fingerprint density at radius 1 is 0.907 bits per heavy atom. The number of hydrogen-bond acceptors (Lipinski definition) is 5. The predicted molar refractivity (Wildman–Crippen MR) is 141 cm³/mol. The van der Waals surface area contributed by atoms with Crippen LogP contribution in [0.2, 0.25) is 0 Å². The standard InChI is InChI=1S/C29H22F6N6O2/c30-21-6-4-18(12-23(21)32)40-16-37-27(43)28(40)7-10-39(11-8-28)26(42)24-14-25(17-2-1-9-36-15-17)41(38-24)19-3-5-20(22(31)13-19)29(33,34)35/h1-6,9,12-15H,7-8,10-11,16H2,(H,37,43). The van der Waals surface area contributed by atoms with Crippen LogP contribution in [0.1, 0.15) is 28.9 Å². The summed E-state index contributed by atoms with van der Waals surface area (Å²) in [6.07, 6.45) is -1.53. The summed E-state index contributed by atoms with van der Waals surface area (Å²) < 4.78 is 82.6. The number of carbonyl (C=O) groups is 2. The number of halogens is 6. The number of likely N-dealkylation sites (tertiary alicyclic amines) is 1. The maximum absolute atomic E-state index is 14.5. The summed E-state index contributed by atoms with van der Waals surface area (Å²) >= 11 is 0. The summed E-state index contributed by atoms with van der Waals surface area (Å²) in [6.45, 7) is 0.327. The predicted octanol–water partition coefficient (Wildman–Crippen LogP) is 4.94. The normalized spacial score (nSPS) is 16.6. The Morgan fingerprint density at radius 3 is 2.28 bits per heavy atom. The van der Waals surface area contributed by atoms with E-state index in [0.717, 1.165) is 18.2 Å². The SMILES string of the molecule is O=C(c1cc(-c2cccnc2)n(-c2ccc(C(F)(F)F)c(F)c2)n1)N1CCC2(CC1)C(=O)NCN2c1ccc(F)c(F)c1. The van der Waals surface area contributed by atoms with E-state index in [-0.39, 0.29) is 49.9 Å². The van der Waals surface area contributed by atoms with Crippen LogP contribution in [0.4, 0.5) is 32.0 Å². The Labute approximate surface area is 240 Å². The molecule has 2 aromatic carbocycles. The highest BCUT2D eigenvalue weighted by atomic mass is 19.4. The van der Waals surface area contributed by atoms with Crippen molar-refractivity contribution in [3.05, 3.63) is 95.7 Å². The zero-order valence-corrected chi connectivity index (χ0v) is 22.2. The molecule has 4 aromatic rings. The van der Waals surface area contributed by atoms with Gasteiger partial charge in [-0.1, -0.05) is 0 Å². The van der Waals surface area contributed by atoms with E-state index in [1.165, 1.54) is 34.1 Å². The van der Waals surface area contributed by atoms with Crippen LogP contribution in [0.15, 0.2) is 67.0 Å². The number of aromatic nitrogens is 3. The number of nitrogens with zero attached hydrogens (tertiary/aromatic N) is 5. The van der Waals surface area contributed by atoms with Crippen LogP contribution in [0.3, 0.4) is 0 Å². The quantitative estimate of drug-likeness (QED) is 0.336. The van der Waals surface area contributed by atoms with Crippen LogP contribution >= 0.6 is 0 Å². The molecule has 0 radical (unpaired) electrons. The Kier molecular flexibility index (Phi) is 6.86. The molecule has 1 N–H and O–H groups in total. The van der Waals surface area contributed by atoms with Crippen molar-refractivity contribution in [3.8, 4) is 16.9 Å². The van der Waals surface area contributed by atoms with Crippen LogP contribution in [0.5, 0.6) is 0 Å². The number of piperidine rings is 1. The van der Waals surface area contributed by atoms with Crippen molar-refractivity contribution in [1.29, 1.82) is 0 Å². The molecule has 14 heteroatoms. The molecule has 8 nitrogen and oxygen atoms in total. The maximum Gasteiger partial charge on any atom is 0.419 e. The van der Waals surface area contributed by atoms with Crippen molar-refractivity contribution in [1.82, 2.24) is 25.0 Å². The first-order valence-electron chi connectivity index (χ1n) is 13.2. The topological polar surface area (TPSA) is 83.4 Å². The van der Waals surface area contributed by atoms with Gasteiger partial charge >= 0.3 is 6.18 Å². The van der Waals surface area contributed by atoms with Gasteiger partial charge in [-0.05, 0) is 55.3 Å². The Balaban J connectivity index is 1.29. The third kappa shape index (κ3) is 4.96. The fourth-order valence-corrected chi connectivity index (χ4v) is 5.59. The molecule has 0 atom stereocenters. The van der Waals surface area contributed by atoms with Crippen molar-refractivity contribution >= 4 is 17.5 Å². The summed E-state index contributed by atoms with van der Waals surface area (Å²) in [7, 11) is 0. The first-order valence-corrected chi connectivity index (χ1v) is 13.2. The molecule has 2 saturated heterocycles. The van der Waals surface area contributed by atoms with E-state index in [2.05, 4.69) is 15.4 Å². The van der Waals surface area contributed by atoms with E-state index in [0.29, 0.717) is 29.1 Å². The van der Waals surface area contributed by atoms with Gasteiger partial charge in [0.15, 0.2) is 17.3 Å². The summed E-state index contributed by atoms with van der Waals surface area (Å²) in [5.41, 5.74) is -1.51. The highest BCUT2D eigenvalue weighted by Crippen LogP contribution is 2.38. The van der Waals surface area contributed by atoms with Crippen molar-refractivity contribution in [2.75, 3.05) is 24.7 Å². The minimum absolute atomic E-state index is 0.0363. The van der Waals surface area contributed by atoms with Crippen LogP contribution in [-0.2, 0) is 11.0 Å². The fraction of sp³-hybridized carbons (Fsp3) is 0.241. The average molecular weight is 601 g/mol. The molecule has 0 saturated carbocycles. The van der Waals surface area contributed by atoms with E-state index < -0.39 is 40.6 Å². The van der Waals surface area contributed by atoms with Gasteiger partial charge in [0.25, 0.3) is 5.91 Å². The van der Waals surface area contributed by atoms with Crippen LogP contribution < -0.4 is 10.2 Å². The molecule has 2 amide bonds. The number of amides is 2. The highest BCUT2D eigenvalue weighted by Gasteiger charge is 2.51. The number of alkyl halides is 3. The van der Waals surface area contributed by atoms with E-state index in [9.17, 15) is 35.9 Å². The molecule has 4 heterocycles. The summed E-state index contributed by atoms with van der Waals surface area (Å²) in [5, 5.41) is 7.08. The van der Waals surface area contributed by atoms with Crippen molar-refractivity contribution in [2.24, 2.45) is 0 Å². The number of rotatable bonds is 4. The van der Waals surface area contributed by atoms with Crippen molar-refractivity contribution in [2.45, 2.75) is 24.6 Å².